The zero-order valence-electron chi connectivity index (χ0n) is 10.9. The van der Waals surface area contributed by atoms with Crippen LogP contribution in [0.2, 0.25) is 0 Å². The van der Waals surface area contributed by atoms with Crippen molar-refractivity contribution in [1.29, 1.82) is 0 Å². The summed E-state index contributed by atoms with van der Waals surface area (Å²) in [6.45, 7) is 2.07. The van der Waals surface area contributed by atoms with Crippen molar-refractivity contribution >= 4 is 0 Å². The highest BCUT2D eigenvalue weighted by atomic mass is 14.6. The Morgan fingerprint density at radius 2 is 1.32 bits per heavy atom. The first-order valence-electron chi connectivity index (χ1n) is 6.40. The number of hydrogen-bond acceptors (Lipinski definition) is 1. The van der Waals surface area contributed by atoms with Gasteiger partial charge < -0.3 is 0 Å². The standard InChI is InChI=1S/C18H15N/c1-14-10-18(13-19-12-14)17-9-5-8-16(11-17)15-6-3-2-4-7-15/h2-13H,1H3. The van der Waals surface area contributed by atoms with Crippen molar-refractivity contribution in [2.45, 2.75) is 6.92 Å². The van der Waals surface area contributed by atoms with Crippen molar-refractivity contribution in [1.82, 2.24) is 4.98 Å². The molecular formula is C18H15N. The van der Waals surface area contributed by atoms with Gasteiger partial charge >= 0.3 is 0 Å². The fourth-order valence-electron chi connectivity index (χ4n) is 2.22. The van der Waals surface area contributed by atoms with E-state index in [1.54, 1.807) is 0 Å². The molecule has 0 aliphatic carbocycles. The molecule has 0 fully saturated rings. The number of aromatic nitrogens is 1. The molecule has 0 N–H and O–H groups in total. The lowest BCUT2D eigenvalue weighted by atomic mass is 9.99. The fraction of sp³-hybridized carbons (Fsp3) is 0.0556. The molecule has 0 atom stereocenters. The van der Waals surface area contributed by atoms with Gasteiger partial charge in [0.2, 0.25) is 0 Å². The van der Waals surface area contributed by atoms with Crippen molar-refractivity contribution in [2.75, 3.05) is 0 Å². The van der Waals surface area contributed by atoms with Crippen LogP contribution in [-0.4, -0.2) is 4.98 Å². The maximum Gasteiger partial charge on any atom is 0.0346 e. The maximum absolute atomic E-state index is 4.26. The van der Waals surface area contributed by atoms with Gasteiger partial charge in [0.25, 0.3) is 0 Å². The summed E-state index contributed by atoms with van der Waals surface area (Å²) < 4.78 is 0. The Kier molecular flexibility index (Phi) is 3.11. The molecule has 0 bridgehead atoms. The van der Waals surface area contributed by atoms with Crippen LogP contribution in [0.5, 0.6) is 0 Å². The second-order valence-corrected chi connectivity index (χ2v) is 4.70. The molecule has 1 heteroatoms. The third kappa shape index (κ3) is 2.55. The molecule has 0 aliphatic heterocycles. The summed E-state index contributed by atoms with van der Waals surface area (Å²) >= 11 is 0. The molecule has 3 rings (SSSR count). The molecule has 2 aromatic carbocycles. The minimum Gasteiger partial charge on any atom is -0.264 e. The van der Waals surface area contributed by atoms with Crippen LogP contribution in [0.1, 0.15) is 5.56 Å². The zero-order valence-corrected chi connectivity index (χ0v) is 10.9. The van der Waals surface area contributed by atoms with E-state index in [9.17, 15) is 0 Å². The minimum atomic E-state index is 1.16. The van der Waals surface area contributed by atoms with Crippen LogP contribution in [0, 0.1) is 6.92 Å². The second-order valence-electron chi connectivity index (χ2n) is 4.70. The third-order valence-corrected chi connectivity index (χ3v) is 3.18. The molecule has 0 spiro atoms. The molecule has 0 unspecified atom stereocenters. The van der Waals surface area contributed by atoms with Gasteiger partial charge in [0.15, 0.2) is 0 Å². The van der Waals surface area contributed by atoms with E-state index in [4.69, 9.17) is 0 Å². The van der Waals surface area contributed by atoms with Crippen molar-refractivity contribution < 1.29 is 0 Å². The van der Waals surface area contributed by atoms with E-state index in [1.165, 1.54) is 22.3 Å². The second kappa shape index (κ2) is 5.07. The topological polar surface area (TPSA) is 12.9 Å². The molecule has 1 aromatic heterocycles. The molecule has 19 heavy (non-hydrogen) atoms. The quantitative estimate of drug-likeness (QED) is 0.636. The Bertz CT molecular complexity index is 687. The van der Waals surface area contributed by atoms with E-state index in [1.807, 2.05) is 18.5 Å². The number of rotatable bonds is 2. The predicted molar refractivity (Wildman–Crippen MR) is 79.8 cm³/mol. The van der Waals surface area contributed by atoms with Crippen LogP contribution in [0.25, 0.3) is 22.3 Å². The highest BCUT2D eigenvalue weighted by molar-refractivity contribution is 5.72. The monoisotopic (exact) mass is 245 g/mol. The molecule has 0 radical (unpaired) electrons. The summed E-state index contributed by atoms with van der Waals surface area (Å²) in [6.07, 6.45) is 3.79. The summed E-state index contributed by atoms with van der Waals surface area (Å²) in [4.78, 5) is 4.26. The van der Waals surface area contributed by atoms with Crippen molar-refractivity contribution in [3.05, 3.63) is 78.6 Å². The van der Waals surface area contributed by atoms with Crippen LogP contribution in [0.4, 0.5) is 0 Å². The van der Waals surface area contributed by atoms with Crippen molar-refractivity contribution in [3.8, 4) is 22.3 Å². The van der Waals surface area contributed by atoms with E-state index < -0.39 is 0 Å². The first kappa shape index (κ1) is 11.7. The molecular weight excluding hydrogens is 230 g/mol. The number of benzene rings is 2. The van der Waals surface area contributed by atoms with Crippen molar-refractivity contribution in [3.63, 3.8) is 0 Å². The van der Waals surface area contributed by atoms with E-state index in [-0.39, 0.29) is 0 Å². The summed E-state index contributed by atoms with van der Waals surface area (Å²) in [5, 5.41) is 0. The SMILES string of the molecule is Cc1cncc(-c2cccc(-c3ccccc3)c2)c1. The molecule has 0 amide bonds. The maximum atomic E-state index is 4.26. The Balaban J connectivity index is 2.06. The summed E-state index contributed by atoms with van der Waals surface area (Å²) in [6, 6.07) is 21.2. The third-order valence-electron chi connectivity index (χ3n) is 3.18. The zero-order chi connectivity index (χ0) is 13.1. The Labute approximate surface area is 113 Å². The highest BCUT2D eigenvalue weighted by Gasteiger charge is 2.01. The molecule has 3 aromatic rings. The van der Waals surface area contributed by atoms with Gasteiger partial charge in [-0.1, -0.05) is 48.5 Å². The van der Waals surface area contributed by atoms with Crippen LogP contribution >= 0.6 is 0 Å². The minimum absolute atomic E-state index is 1.16. The number of pyridine rings is 1. The van der Waals surface area contributed by atoms with E-state index in [2.05, 4.69) is 66.5 Å². The van der Waals surface area contributed by atoms with E-state index >= 15 is 0 Å². The molecule has 0 saturated carbocycles. The van der Waals surface area contributed by atoms with Crippen molar-refractivity contribution in [2.24, 2.45) is 0 Å². The predicted octanol–water partition coefficient (Wildman–Crippen LogP) is 4.72. The summed E-state index contributed by atoms with van der Waals surface area (Å²) in [7, 11) is 0. The lowest BCUT2D eigenvalue weighted by molar-refractivity contribution is 1.27. The van der Waals surface area contributed by atoms with Gasteiger partial charge in [0, 0.05) is 18.0 Å². The first-order chi connectivity index (χ1) is 9.33. The van der Waals surface area contributed by atoms with Crippen LogP contribution in [0.15, 0.2) is 73.1 Å². The van der Waals surface area contributed by atoms with E-state index in [0.717, 1.165) is 5.56 Å². The molecule has 92 valence electrons. The number of nitrogens with zero attached hydrogens (tertiary/aromatic N) is 1. The lowest BCUT2D eigenvalue weighted by Gasteiger charge is -2.06. The van der Waals surface area contributed by atoms with Gasteiger partial charge in [-0.2, -0.15) is 0 Å². The summed E-state index contributed by atoms with van der Waals surface area (Å²) in [5.41, 5.74) is 6.03. The molecule has 1 nitrogen and oxygen atoms in total. The van der Waals surface area contributed by atoms with Crippen LogP contribution in [0.3, 0.4) is 0 Å². The molecule has 0 saturated heterocycles. The van der Waals surface area contributed by atoms with Gasteiger partial charge in [-0.25, -0.2) is 0 Å². The Hall–Kier alpha value is -2.41. The van der Waals surface area contributed by atoms with Gasteiger partial charge in [-0.3, -0.25) is 4.98 Å². The molecule has 1 heterocycles. The average molecular weight is 245 g/mol. The van der Waals surface area contributed by atoms with Gasteiger partial charge in [-0.15, -0.1) is 0 Å². The van der Waals surface area contributed by atoms with E-state index in [0.29, 0.717) is 0 Å². The first-order valence-corrected chi connectivity index (χ1v) is 6.40. The largest absolute Gasteiger partial charge is 0.264 e. The molecule has 0 aliphatic rings. The number of aryl methyl sites for hydroxylation is 1. The van der Waals surface area contributed by atoms with Crippen LogP contribution in [-0.2, 0) is 0 Å². The van der Waals surface area contributed by atoms with Gasteiger partial charge in [-0.05, 0) is 41.3 Å². The lowest BCUT2D eigenvalue weighted by Crippen LogP contribution is -1.84. The highest BCUT2D eigenvalue weighted by Crippen LogP contribution is 2.26. The summed E-state index contributed by atoms with van der Waals surface area (Å²) in [5.74, 6) is 0. The Morgan fingerprint density at radius 1 is 0.632 bits per heavy atom. The normalized spacial score (nSPS) is 10.4. The smallest absolute Gasteiger partial charge is 0.0346 e. The van der Waals surface area contributed by atoms with Gasteiger partial charge in [0.1, 0.15) is 0 Å². The fourth-order valence-corrected chi connectivity index (χ4v) is 2.22. The number of hydrogen-bond donors (Lipinski definition) is 0. The average Bonchev–Trinajstić information content (AvgIpc) is 2.48. The van der Waals surface area contributed by atoms with Crippen LogP contribution < -0.4 is 0 Å². The van der Waals surface area contributed by atoms with Gasteiger partial charge in [0.05, 0.1) is 0 Å². The Morgan fingerprint density at radius 3 is 2.05 bits per heavy atom.